The van der Waals surface area contributed by atoms with Gasteiger partial charge in [-0.1, -0.05) is 17.7 Å². The van der Waals surface area contributed by atoms with Gasteiger partial charge in [-0.15, -0.1) is 0 Å². The van der Waals surface area contributed by atoms with Gasteiger partial charge in [-0.05, 0) is 88.2 Å². The van der Waals surface area contributed by atoms with Crippen molar-refractivity contribution in [3.8, 4) is 11.4 Å². The fraction of sp³-hybridized carbons (Fsp3) is 0.429. The van der Waals surface area contributed by atoms with Gasteiger partial charge in [-0.3, -0.25) is 4.79 Å². The lowest BCUT2D eigenvalue weighted by molar-refractivity contribution is -0.0172. The Morgan fingerprint density at radius 3 is 2.43 bits per heavy atom. The zero-order valence-corrected chi connectivity index (χ0v) is 20.3. The average Bonchev–Trinajstić information content (AvgIpc) is 3.33. The van der Waals surface area contributed by atoms with Crippen LogP contribution in [0.4, 0.5) is 0 Å². The molecule has 7 nitrogen and oxygen atoms in total. The topological polar surface area (TPSA) is 79.6 Å². The van der Waals surface area contributed by atoms with E-state index >= 15 is 0 Å². The van der Waals surface area contributed by atoms with Crippen molar-refractivity contribution < 1.29 is 14.6 Å². The number of likely N-dealkylation sites (tertiary alicyclic amines) is 1. The first-order valence-corrected chi connectivity index (χ1v) is 12.6. The van der Waals surface area contributed by atoms with Crippen LogP contribution >= 0.6 is 0 Å². The van der Waals surface area contributed by atoms with Gasteiger partial charge in [0.1, 0.15) is 11.9 Å². The molecule has 0 unspecified atom stereocenters. The summed E-state index contributed by atoms with van der Waals surface area (Å²) in [6.45, 7) is 5.08. The number of carbonyl (C=O) groups excluding carboxylic acids is 1. The van der Waals surface area contributed by atoms with Crippen LogP contribution in [0.5, 0.6) is 5.75 Å². The molecule has 0 spiro atoms. The lowest BCUT2D eigenvalue weighted by Crippen LogP contribution is -2.48. The van der Waals surface area contributed by atoms with Gasteiger partial charge >= 0.3 is 0 Å². The minimum Gasteiger partial charge on any atom is -0.490 e. The summed E-state index contributed by atoms with van der Waals surface area (Å²) in [4.78, 5) is 14.9. The number of aromatic nitrogens is 2. The Bertz CT molecular complexity index is 1130. The Morgan fingerprint density at radius 2 is 1.74 bits per heavy atom. The molecule has 1 aromatic heterocycles. The zero-order chi connectivity index (χ0) is 24.3. The zero-order valence-electron chi connectivity index (χ0n) is 20.3. The summed E-state index contributed by atoms with van der Waals surface area (Å²) in [6, 6.07) is 17.6. The molecule has 2 N–H and O–H groups in total. The molecule has 2 aliphatic heterocycles. The summed E-state index contributed by atoms with van der Waals surface area (Å²) in [5.74, 6) is 0.817. The molecule has 2 fully saturated rings. The Kier molecular flexibility index (Phi) is 6.88. The number of hydrogen-bond donors (Lipinski definition) is 2. The third-order valence-electron chi connectivity index (χ3n) is 7.18. The van der Waals surface area contributed by atoms with Crippen LogP contribution in [0.1, 0.15) is 47.3 Å². The van der Waals surface area contributed by atoms with E-state index < -0.39 is 5.60 Å². The van der Waals surface area contributed by atoms with E-state index in [1.165, 1.54) is 5.56 Å². The summed E-state index contributed by atoms with van der Waals surface area (Å²) in [7, 11) is 0. The fourth-order valence-corrected chi connectivity index (χ4v) is 4.99. The highest BCUT2D eigenvalue weighted by atomic mass is 16.5. The van der Waals surface area contributed by atoms with Crippen molar-refractivity contribution in [1.29, 1.82) is 0 Å². The number of hydrogen-bond acceptors (Lipinski definition) is 5. The maximum atomic E-state index is 13.1. The minimum atomic E-state index is -0.855. The molecular weight excluding hydrogens is 440 g/mol. The van der Waals surface area contributed by atoms with Gasteiger partial charge in [0, 0.05) is 37.0 Å². The molecule has 0 radical (unpaired) electrons. The first kappa shape index (κ1) is 23.6. The number of rotatable bonds is 6. The van der Waals surface area contributed by atoms with Gasteiger partial charge in [0.15, 0.2) is 0 Å². The predicted molar refractivity (Wildman–Crippen MR) is 135 cm³/mol. The summed E-state index contributed by atoms with van der Waals surface area (Å²) < 4.78 is 7.95. The van der Waals surface area contributed by atoms with E-state index in [0.717, 1.165) is 43.1 Å². The van der Waals surface area contributed by atoms with Crippen LogP contribution in [-0.2, 0) is 6.42 Å². The van der Waals surface area contributed by atoms with Crippen LogP contribution in [0.2, 0.25) is 0 Å². The minimum absolute atomic E-state index is 0.00478. The predicted octanol–water partition coefficient (Wildman–Crippen LogP) is 3.52. The Morgan fingerprint density at radius 1 is 1.06 bits per heavy atom. The number of aliphatic hydroxyl groups is 1. The highest BCUT2D eigenvalue weighted by Gasteiger charge is 2.35. The van der Waals surface area contributed by atoms with Crippen molar-refractivity contribution in [3.63, 3.8) is 0 Å². The van der Waals surface area contributed by atoms with E-state index in [-0.39, 0.29) is 12.0 Å². The Hall–Kier alpha value is -3.16. The normalized spacial score (nSPS) is 18.4. The van der Waals surface area contributed by atoms with E-state index in [1.807, 2.05) is 52.0 Å². The van der Waals surface area contributed by atoms with Crippen molar-refractivity contribution in [3.05, 3.63) is 77.6 Å². The van der Waals surface area contributed by atoms with Crippen LogP contribution in [0.15, 0.2) is 60.8 Å². The highest BCUT2D eigenvalue weighted by Crippen LogP contribution is 2.28. The molecule has 0 aliphatic carbocycles. The second-order valence-electron chi connectivity index (χ2n) is 9.85. The molecule has 3 aromatic rings. The first-order chi connectivity index (χ1) is 17.0. The number of carbonyl (C=O) groups is 1. The Labute approximate surface area is 206 Å². The number of benzene rings is 2. The maximum Gasteiger partial charge on any atom is 0.253 e. The largest absolute Gasteiger partial charge is 0.490 e. The molecular formula is C28H34N4O3. The SMILES string of the molecule is Cc1ccc(-n2nccc2CC2(O)CCN(C(=O)c3ccc(OC4CCNCC4)cc3)CC2)cc1. The quantitative estimate of drug-likeness (QED) is 0.572. The highest BCUT2D eigenvalue weighted by molar-refractivity contribution is 5.94. The second kappa shape index (κ2) is 10.2. The van der Waals surface area contributed by atoms with Crippen molar-refractivity contribution >= 4 is 5.91 Å². The van der Waals surface area contributed by atoms with Crippen molar-refractivity contribution in [2.45, 2.75) is 50.7 Å². The molecule has 7 heteroatoms. The lowest BCUT2D eigenvalue weighted by Gasteiger charge is -2.38. The summed E-state index contributed by atoms with van der Waals surface area (Å²) in [5.41, 5.74) is 2.96. The average molecular weight is 475 g/mol. The third kappa shape index (κ3) is 5.57. The Balaban J connectivity index is 1.17. The molecule has 2 saturated heterocycles. The number of aryl methyl sites for hydroxylation is 1. The van der Waals surface area contributed by atoms with Crippen LogP contribution in [0, 0.1) is 6.92 Å². The molecule has 2 aliphatic rings. The van der Waals surface area contributed by atoms with E-state index in [9.17, 15) is 9.90 Å². The molecule has 184 valence electrons. The van der Waals surface area contributed by atoms with Gasteiger partial charge in [0.2, 0.25) is 0 Å². The van der Waals surface area contributed by atoms with Crippen molar-refractivity contribution in [2.24, 2.45) is 0 Å². The van der Waals surface area contributed by atoms with Gasteiger partial charge in [0.25, 0.3) is 5.91 Å². The van der Waals surface area contributed by atoms with Gasteiger partial charge < -0.3 is 20.1 Å². The monoisotopic (exact) mass is 474 g/mol. The molecule has 35 heavy (non-hydrogen) atoms. The summed E-state index contributed by atoms with van der Waals surface area (Å²) in [6.07, 6.45) is 5.59. The van der Waals surface area contributed by atoms with E-state index in [0.29, 0.717) is 37.9 Å². The second-order valence-corrected chi connectivity index (χ2v) is 9.85. The molecule has 0 saturated carbocycles. The maximum absolute atomic E-state index is 13.1. The molecule has 0 atom stereocenters. The van der Waals surface area contributed by atoms with Crippen molar-refractivity contribution in [2.75, 3.05) is 26.2 Å². The van der Waals surface area contributed by atoms with Crippen LogP contribution in [0.3, 0.4) is 0 Å². The van der Waals surface area contributed by atoms with E-state index in [2.05, 4.69) is 29.5 Å². The van der Waals surface area contributed by atoms with Crippen LogP contribution < -0.4 is 10.1 Å². The smallest absolute Gasteiger partial charge is 0.253 e. The van der Waals surface area contributed by atoms with Crippen molar-refractivity contribution in [1.82, 2.24) is 20.0 Å². The summed E-state index contributed by atoms with van der Waals surface area (Å²) in [5, 5.41) is 19.1. The van der Waals surface area contributed by atoms with E-state index in [1.54, 1.807) is 6.20 Å². The lowest BCUT2D eigenvalue weighted by atomic mass is 9.86. The number of piperidine rings is 2. The first-order valence-electron chi connectivity index (χ1n) is 12.6. The molecule has 2 aromatic carbocycles. The van der Waals surface area contributed by atoms with Crippen LogP contribution in [-0.4, -0.2) is 63.6 Å². The molecule has 0 bridgehead atoms. The molecule has 5 rings (SSSR count). The number of nitrogens with one attached hydrogen (secondary N) is 1. The molecule has 1 amide bonds. The fourth-order valence-electron chi connectivity index (χ4n) is 4.99. The van der Waals surface area contributed by atoms with Gasteiger partial charge in [0.05, 0.1) is 11.3 Å². The number of amides is 1. The van der Waals surface area contributed by atoms with Crippen LogP contribution in [0.25, 0.3) is 5.69 Å². The standard InChI is InChI=1S/C28H34N4O3/c1-21-2-6-23(7-3-21)32-24(10-17-30-32)20-28(34)13-18-31(19-14-28)27(33)22-4-8-25(9-5-22)35-26-11-15-29-16-12-26/h2-10,17,26,29,34H,11-16,18-20H2,1H3. The van der Waals surface area contributed by atoms with Gasteiger partial charge in [-0.2, -0.15) is 5.10 Å². The molecule has 3 heterocycles. The summed E-state index contributed by atoms with van der Waals surface area (Å²) >= 11 is 0. The number of nitrogens with zero attached hydrogens (tertiary/aromatic N) is 3. The van der Waals surface area contributed by atoms with E-state index in [4.69, 9.17) is 4.74 Å². The third-order valence-corrected chi connectivity index (χ3v) is 7.18. The number of ether oxygens (including phenoxy) is 1. The van der Waals surface area contributed by atoms with Gasteiger partial charge in [-0.25, -0.2) is 4.68 Å².